The second-order valence-electron chi connectivity index (χ2n) is 10.1. The third kappa shape index (κ3) is 5.06. The number of ether oxygens (including phenoxy) is 1. The normalized spacial score (nSPS) is 17.0. The van der Waals surface area contributed by atoms with Crippen molar-refractivity contribution in [1.82, 2.24) is 30.0 Å². The summed E-state index contributed by atoms with van der Waals surface area (Å²) in [5.41, 5.74) is 3.25. The summed E-state index contributed by atoms with van der Waals surface area (Å²) in [6, 6.07) is 4.03. The quantitative estimate of drug-likeness (QED) is 0.439. The minimum Gasteiger partial charge on any atom is -0.484 e. The van der Waals surface area contributed by atoms with Crippen LogP contribution in [0.5, 0.6) is 5.75 Å². The van der Waals surface area contributed by atoms with Crippen LogP contribution in [0.2, 0.25) is 0 Å². The highest BCUT2D eigenvalue weighted by atomic mass is 16.5. The Bertz CT molecular complexity index is 1390. The van der Waals surface area contributed by atoms with Gasteiger partial charge in [0.25, 0.3) is 0 Å². The summed E-state index contributed by atoms with van der Waals surface area (Å²) in [5, 5.41) is 11.6. The minimum atomic E-state index is -0.0909. The standard InChI is InChI=1S/C27H35N9O3/c1-6-21(37)35-11-13-36(14-12-35)26-24-25(30-27(31-26)28-10-9-22(38)33(3)4)34(5)20(16-39-24)23-17(2)7-8-19-18(23)15-29-32-19/h6-8,15,20H,1,9-14,16H2,2-5H3,(H,29,32)(H,28,30,31). The second kappa shape index (κ2) is 10.8. The monoisotopic (exact) mass is 533 g/mol. The van der Waals surface area contributed by atoms with E-state index in [1.807, 2.05) is 19.3 Å². The van der Waals surface area contributed by atoms with Crippen LogP contribution in [0, 0.1) is 6.92 Å². The Kier molecular flexibility index (Phi) is 7.27. The van der Waals surface area contributed by atoms with E-state index in [9.17, 15) is 9.59 Å². The highest BCUT2D eigenvalue weighted by molar-refractivity contribution is 5.87. The molecule has 1 aromatic carbocycles. The average molecular weight is 534 g/mol. The number of carbonyl (C=O) groups excluding carboxylic acids is 2. The first-order valence-corrected chi connectivity index (χ1v) is 13.1. The molecule has 2 amide bonds. The second-order valence-corrected chi connectivity index (χ2v) is 10.1. The predicted molar refractivity (Wildman–Crippen MR) is 150 cm³/mol. The lowest BCUT2D eigenvalue weighted by Crippen LogP contribution is -2.49. The number of fused-ring (bicyclic) bond motifs is 2. The molecule has 3 aromatic rings. The third-order valence-electron chi connectivity index (χ3n) is 7.42. The molecule has 1 saturated heterocycles. The number of hydrogen-bond acceptors (Lipinski definition) is 9. The third-order valence-corrected chi connectivity index (χ3v) is 7.42. The molecular weight excluding hydrogens is 498 g/mol. The molecule has 0 aliphatic carbocycles. The van der Waals surface area contributed by atoms with Crippen molar-refractivity contribution in [1.29, 1.82) is 0 Å². The van der Waals surface area contributed by atoms with Gasteiger partial charge < -0.3 is 29.7 Å². The molecule has 1 atom stereocenters. The zero-order valence-corrected chi connectivity index (χ0v) is 22.9. The lowest BCUT2D eigenvalue weighted by atomic mass is 9.96. The summed E-state index contributed by atoms with van der Waals surface area (Å²) in [6.07, 6.45) is 3.52. The van der Waals surface area contributed by atoms with E-state index in [4.69, 9.17) is 14.7 Å². The summed E-state index contributed by atoms with van der Waals surface area (Å²) < 4.78 is 6.43. The van der Waals surface area contributed by atoms with Crippen molar-refractivity contribution in [3.05, 3.63) is 42.1 Å². The Labute approximate surface area is 227 Å². The Hall–Kier alpha value is -4.35. The first-order chi connectivity index (χ1) is 18.8. The van der Waals surface area contributed by atoms with E-state index in [1.165, 1.54) is 6.08 Å². The number of carbonyl (C=O) groups is 2. The van der Waals surface area contributed by atoms with E-state index < -0.39 is 0 Å². The molecule has 39 heavy (non-hydrogen) atoms. The van der Waals surface area contributed by atoms with Crippen molar-refractivity contribution in [2.45, 2.75) is 19.4 Å². The largest absolute Gasteiger partial charge is 0.484 e. The van der Waals surface area contributed by atoms with Crippen molar-refractivity contribution in [2.75, 3.05) is 75.6 Å². The van der Waals surface area contributed by atoms with Gasteiger partial charge in [-0.15, -0.1) is 0 Å². The van der Waals surface area contributed by atoms with Crippen LogP contribution in [0.4, 0.5) is 17.6 Å². The molecule has 12 nitrogen and oxygen atoms in total. The summed E-state index contributed by atoms with van der Waals surface area (Å²) in [4.78, 5) is 41.5. The van der Waals surface area contributed by atoms with Gasteiger partial charge in [0, 0.05) is 65.7 Å². The van der Waals surface area contributed by atoms with Crippen molar-refractivity contribution >= 4 is 40.3 Å². The number of nitrogens with one attached hydrogen (secondary N) is 2. The Morgan fingerprint density at radius 2 is 1.95 bits per heavy atom. The molecule has 1 unspecified atom stereocenters. The molecular formula is C27H35N9O3. The maximum Gasteiger partial charge on any atom is 0.246 e. The van der Waals surface area contributed by atoms with Crippen LogP contribution in [0.15, 0.2) is 31.0 Å². The number of amides is 2. The van der Waals surface area contributed by atoms with E-state index >= 15 is 0 Å². The number of nitrogens with zero attached hydrogens (tertiary/aromatic N) is 7. The number of hydrogen-bond donors (Lipinski definition) is 2. The molecule has 2 aromatic heterocycles. The van der Waals surface area contributed by atoms with Crippen molar-refractivity contribution < 1.29 is 14.3 Å². The van der Waals surface area contributed by atoms with E-state index in [0.29, 0.717) is 69.1 Å². The van der Waals surface area contributed by atoms with Crippen molar-refractivity contribution in [3.63, 3.8) is 0 Å². The van der Waals surface area contributed by atoms with Gasteiger partial charge in [-0.3, -0.25) is 14.7 Å². The van der Waals surface area contributed by atoms with E-state index in [2.05, 4.69) is 44.9 Å². The van der Waals surface area contributed by atoms with Crippen molar-refractivity contribution in [3.8, 4) is 5.75 Å². The van der Waals surface area contributed by atoms with Crippen molar-refractivity contribution in [2.24, 2.45) is 0 Å². The smallest absolute Gasteiger partial charge is 0.246 e. The highest BCUT2D eigenvalue weighted by Gasteiger charge is 2.35. The number of piperazine rings is 1. The number of benzene rings is 1. The van der Waals surface area contributed by atoms with Crippen LogP contribution in [0.25, 0.3) is 10.9 Å². The summed E-state index contributed by atoms with van der Waals surface area (Å²) in [7, 11) is 5.49. The zero-order chi connectivity index (χ0) is 27.7. The highest BCUT2D eigenvalue weighted by Crippen LogP contribution is 2.44. The molecule has 2 aliphatic rings. The van der Waals surface area contributed by atoms with Gasteiger partial charge in [0.2, 0.25) is 23.5 Å². The van der Waals surface area contributed by atoms with E-state index in [0.717, 1.165) is 22.0 Å². The molecule has 2 N–H and O–H groups in total. The summed E-state index contributed by atoms with van der Waals surface area (Å²) in [5.74, 6) is 2.33. The average Bonchev–Trinajstić information content (AvgIpc) is 3.42. The summed E-state index contributed by atoms with van der Waals surface area (Å²) >= 11 is 0. The molecule has 0 radical (unpaired) electrons. The molecule has 0 saturated carbocycles. The Morgan fingerprint density at radius 3 is 2.67 bits per heavy atom. The van der Waals surface area contributed by atoms with Crippen LogP contribution in [0.1, 0.15) is 23.6 Å². The van der Waals surface area contributed by atoms with Gasteiger partial charge >= 0.3 is 0 Å². The van der Waals surface area contributed by atoms with Crippen LogP contribution in [-0.4, -0.2) is 102 Å². The Balaban J connectivity index is 1.48. The van der Waals surface area contributed by atoms with Gasteiger partial charge in [0.05, 0.1) is 17.8 Å². The number of anilines is 3. The number of H-pyrrole nitrogens is 1. The van der Waals surface area contributed by atoms with E-state index in [1.54, 1.807) is 23.9 Å². The molecule has 4 heterocycles. The maximum atomic E-state index is 12.1. The van der Waals surface area contributed by atoms with E-state index in [-0.39, 0.29) is 17.9 Å². The lowest BCUT2D eigenvalue weighted by molar-refractivity contribution is -0.128. The molecule has 0 spiro atoms. The first kappa shape index (κ1) is 26.3. The molecule has 2 aliphatic heterocycles. The fraction of sp³-hybridized carbons (Fsp3) is 0.444. The number of likely N-dealkylation sites (N-methyl/N-ethyl adjacent to an activating group) is 1. The molecule has 5 rings (SSSR count). The molecule has 206 valence electrons. The predicted octanol–water partition coefficient (Wildman–Crippen LogP) is 1.96. The van der Waals surface area contributed by atoms with Gasteiger partial charge in [-0.05, 0) is 30.2 Å². The zero-order valence-electron chi connectivity index (χ0n) is 22.9. The van der Waals surface area contributed by atoms with Crippen LogP contribution in [0.3, 0.4) is 0 Å². The van der Waals surface area contributed by atoms with Gasteiger partial charge in [-0.1, -0.05) is 12.6 Å². The topological polar surface area (TPSA) is 123 Å². The Morgan fingerprint density at radius 1 is 1.21 bits per heavy atom. The molecule has 1 fully saturated rings. The van der Waals surface area contributed by atoms with Gasteiger partial charge in [0.15, 0.2) is 11.6 Å². The fourth-order valence-electron chi connectivity index (χ4n) is 5.15. The number of aromatic amines is 1. The fourth-order valence-corrected chi connectivity index (χ4v) is 5.15. The van der Waals surface area contributed by atoms with Gasteiger partial charge in [-0.2, -0.15) is 15.1 Å². The van der Waals surface area contributed by atoms with Crippen LogP contribution >= 0.6 is 0 Å². The number of aryl methyl sites for hydroxylation is 1. The molecule has 0 bridgehead atoms. The lowest BCUT2D eigenvalue weighted by Gasteiger charge is -2.40. The van der Waals surface area contributed by atoms with Crippen LogP contribution in [-0.2, 0) is 9.59 Å². The SMILES string of the molecule is C=CC(=O)N1CCN(c2nc(NCCC(=O)N(C)C)nc3c2OCC(c2c(C)ccc4[nH]ncc24)N3C)CC1. The number of rotatable bonds is 7. The van der Waals surface area contributed by atoms with Gasteiger partial charge in [-0.25, -0.2) is 0 Å². The first-order valence-electron chi connectivity index (χ1n) is 13.1. The maximum absolute atomic E-state index is 12.1. The van der Waals surface area contributed by atoms with Crippen LogP contribution < -0.4 is 19.9 Å². The number of aromatic nitrogens is 4. The minimum absolute atomic E-state index is 0.0212. The molecule has 12 heteroatoms. The van der Waals surface area contributed by atoms with Gasteiger partial charge in [0.1, 0.15) is 6.61 Å². The summed E-state index contributed by atoms with van der Waals surface area (Å²) in [6.45, 7) is 8.84.